The van der Waals surface area contributed by atoms with Crippen molar-refractivity contribution in [3.63, 3.8) is 0 Å². The van der Waals surface area contributed by atoms with Crippen LogP contribution in [0.3, 0.4) is 0 Å². The molecule has 53 heavy (non-hydrogen) atoms. The highest BCUT2D eigenvalue weighted by atomic mass is 32.1. The van der Waals surface area contributed by atoms with Gasteiger partial charge in [0.25, 0.3) is 0 Å². The summed E-state index contributed by atoms with van der Waals surface area (Å²) in [6.45, 7) is 5.90. The smallest absolute Gasteiger partial charge is 0.204 e. The fourth-order valence-corrected chi connectivity index (χ4v) is 8.23. The van der Waals surface area contributed by atoms with Crippen LogP contribution in [0, 0.1) is 0 Å². The highest BCUT2D eigenvalue weighted by Gasteiger charge is 2.35. The van der Waals surface area contributed by atoms with Gasteiger partial charge in [0, 0.05) is 48.5 Å². The van der Waals surface area contributed by atoms with Crippen LogP contribution in [0.4, 0.5) is 5.69 Å². The molecule has 0 radical (unpaired) electrons. The normalized spacial score (nSPS) is 18.1. The Balaban J connectivity index is 1.47. The van der Waals surface area contributed by atoms with Crippen LogP contribution >= 0.6 is 12.2 Å². The number of anilines is 1. The quantitative estimate of drug-likeness (QED) is 0.190. The van der Waals surface area contributed by atoms with Crippen molar-refractivity contribution < 1.29 is 28.4 Å². The lowest BCUT2D eigenvalue weighted by molar-refractivity contribution is 0.220. The lowest BCUT2D eigenvalue weighted by Crippen LogP contribution is -2.35. The molecule has 8 rings (SSSR count). The van der Waals surface area contributed by atoms with E-state index in [1.165, 1.54) is 16.7 Å². The molecule has 0 saturated heterocycles. The third-order valence-corrected chi connectivity index (χ3v) is 10.9. The number of benzene rings is 4. The molecule has 0 unspecified atom stereocenters. The van der Waals surface area contributed by atoms with E-state index in [4.69, 9.17) is 40.6 Å². The first-order valence-electron chi connectivity index (χ1n) is 18.2. The maximum Gasteiger partial charge on any atom is 0.204 e. The zero-order valence-electron chi connectivity index (χ0n) is 31.9. The molecule has 4 aliphatic heterocycles. The maximum absolute atomic E-state index is 7.12. The number of nitrogens with one attached hydrogen (secondary N) is 2. The molecule has 0 spiro atoms. The van der Waals surface area contributed by atoms with Gasteiger partial charge < -0.3 is 39.1 Å². The molecular weight excluding hydrogens is 689 g/mol. The van der Waals surface area contributed by atoms with E-state index in [0.717, 1.165) is 60.5 Å². The Bertz CT molecular complexity index is 2000. The second-order valence-corrected chi connectivity index (χ2v) is 14.8. The topological polar surface area (TPSA) is 85.9 Å². The van der Waals surface area contributed by atoms with E-state index >= 15 is 0 Å². The third-order valence-electron chi connectivity index (χ3n) is 10.7. The van der Waals surface area contributed by atoms with Crippen molar-refractivity contribution >= 4 is 23.0 Å². The number of nitrogens with zero attached hydrogens (tertiary/aromatic N) is 2. The first-order valence-corrected chi connectivity index (χ1v) is 18.6. The van der Waals surface area contributed by atoms with Gasteiger partial charge in [0.15, 0.2) is 39.6 Å². The monoisotopic (exact) mass is 738 g/mol. The molecule has 4 aliphatic rings. The zero-order chi connectivity index (χ0) is 37.4. The third kappa shape index (κ3) is 7.30. The first-order chi connectivity index (χ1) is 25.6. The number of fused-ring (bicyclic) bond motifs is 2. The fourth-order valence-electron chi connectivity index (χ4n) is 7.88. The zero-order valence-corrected chi connectivity index (χ0v) is 32.7. The summed E-state index contributed by atoms with van der Waals surface area (Å²) in [4.78, 5) is 4.79. The van der Waals surface area contributed by atoms with Crippen LogP contribution in [0.1, 0.15) is 59.3 Å². The molecule has 280 valence electrons. The van der Waals surface area contributed by atoms with Crippen LogP contribution in [-0.2, 0) is 25.7 Å². The molecule has 0 fully saturated rings. The Morgan fingerprint density at radius 2 is 1.38 bits per heavy atom. The lowest BCUT2D eigenvalue weighted by atomic mass is 9.86. The summed E-state index contributed by atoms with van der Waals surface area (Å²) in [7, 11) is 11.0. The molecule has 2 N–H and O–H groups in total. The second-order valence-electron chi connectivity index (χ2n) is 14.4. The Labute approximate surface area is 318 Å². The van der Waals surface area contributed by atoms with Gasteiger partial charge in [0.2, 0.25) is 5.75 Å². The predicted molar refractivity (Wildman–Crippen MR) is 212 cm³/mol. The minimum atomic E-state index is -0.123. The van der Waals surface area contributed by atoms with Crippen molar-refractivity contribution in [2.24, 2.45) is 0 Å². The van der Waals surface area contributed by atoms with Gasteiger partial charge in [-0.25, -0.2) is 0 Å². The summed E-state index contributed by atoms with van der Waals surface area (Å²) < 4.78 is 37.7. The van der Waals surface area contributed by atoms with E-state index < -0.39 is 0 Å². The molecule has 0 saturated carbocycles. The van der Waals surface area contributed by atoms with E-state index in [-0.39, 0.29) is 18.1 Å². The molecule has 2 atom stereocenters. The Morgan fingerprint density at radius 3 is 2.06 bits per heavy atom. The summed E-state index contributed by atoms with van der Waals surface area (Å²) in [5.41, 5.74) is 7.69. The Morgan fingerprint density at radius 1 is 0.736 bits per heavy atom. The SMILES string of the molecule is COc1cc(NC(=S)NC(C)C)c2cc1Oc1ccc(cc1)C[C@H]1c3cc(c(OC)cc3CCN1C)Oc1c(OC)c(OC)cc3c1[C@H](C2)N(C)CC3. The summed E-state index contributed by atoms with van der Waals surface area (Å²) in [5, 5.41) is 7.31. The Hall–Kier alpha value is -4.71. The molecule has 0 aliphatic carbocycles. The summed E-state index contributed by atoms with van der Waals surface area (Å²) in [5.74, 6) is 5.03. The van der Waals surface area contributed by atoms with Crippen LogP contribution in [0.2, 0.25) is 0 Å². The first kappa shape index (κ1) is 36.6. The van der Waals surface area contributed by atoms with E-state index in [0.29, 0.717) is 51.8 Å². The van der Waals surface area contributed by atoms with Gasteiger partial charge in [-0.3, -0.25) is 9.80 Å². The van der Waals surface area contributed by atoms with Crippen molar-refractivity contribution in [3.05, 3.63) is 88.0 Å². The van der Waals surface area contributed by atoms with E-state index in [2.05, 4.69) is 84.8 Å². The fraction of sp³-hybridized carbons (Fsp3) is 0.405. The molecule has 4 aromatic rings. The van der Waals surface area contributed by atoms with Crippen LogP contribution in [0.15, 0.2) is 54.6 Å². The van der Waals surface area contributed by atoms with Crippen molar-refractivity contribution in [2.45, 2.75) is 57.7 Å². The van der Waals surface area contributed by atoms with Gasteiger partial charge >= 0.3 is 0 Å². The molecule has 4 aromatic carbocycles. The van der Waals surface area contributed by atoms with Crippen molar-refractivity contribution in [2.75, 3.05) is 60.9 Å². The molecule has 4 heterocycles. The summed E-state index contributed by atoms with van der Waals surface area (Å²) in [6.07, 6.45) is 3.14. The molecular formula is C42H50N4O6S. The van der Waals surface area contributed by atoms with Gasteiger partial charge in [-0.2, -0.15) is 0 Å². The minimum Gasteiger partial charge on any atom is -0.493 e. The van der Waals surface area contributed by atoms with Gasteiger partial charge in [-0.1, -0.05) is 12.1 Å². The average molecular weight is 739 g/mol. The van der Waals surface area contributed by atoms with Gasteiger partial charge in [-0.15, -0.1) is 0 Å². The van der Waals surface area contributed by atoms with Crippen LogP contribution in [0.5, 0.6) is 46.0 Å². The second kappa shape index (κ2) is 15.3. The number of hydrogen-bond acceptors (Lipinski definition) is 9. The highest BCUT2D eigenvalue weighted by Crippen LogP contribution is 2.52. The number of thiocarbonyl (C=S) groups is 1. The maximum atomic E-state index is 7.12. The van der Waals surface area contributed by atoms with Gasteiger partial charge in [0.05, 0.1) is 28.4 Å². The van der Waals surface area contributed by atoms with E-state index in [1.807, 2.05) is 18.2 Å². The van der Waals surface area contributed by atoms with E-state index in [1.54, 1.807) is 28.4 Å². The van der Waals surface area contributed by atoms with E-state index in [9.17, 15) is 0 Å². The molecule has 0 amide bonds. The van der Waals surface area contributed by atoms with Crippen LogP contribution in [-0.4, -0.2) is 76.6 Å². The van der Waals surface area contributed by atoms with Gasteiger partial charge in [-0.05, 0) is 130 Å². The number of hydrogen-bond donors (Lipinski definition) is 2. The number of rotatable bonds is 6. The van der Waals surface area contributed by atoms with Crippen molar-refractivity contribution in [3.8, 4) is 46.0 Å². The summed E-state index contributed by atoms with van der Waals surface area (Å²) in [6, 6.07) is 19.0. The van der Waals surface area contributed by atoms with Crippen LogP contribution in [0.25, 0.3) is 0 Å². The average Bonchev–Trinajstić information content (AvgIpc) is 3.14. The standard InChI is InChI=1S/C42H50N4O6S/c1-24(2)43-42(53)44-31-23-35(48-6)36-21-28(31)18-33-39-27(14-16-46(33)4)20-38(49-7)40(50-8)41(39)52-37-22-30-26(19-34(37)47-5)13-15-45(3)32(30)17-25-9-11-29(51-36)12-10-25/h9-12,19-24,32-33H,13-18H2,1-8H3,(H2,43,44,53)/t32-,33-/m0/s1. The van der Waals surface area contributed by atoms with Crippen LogP contribution < -0.4 is 39.1 Å². The molecule has 0 aromatic heterocycles. The predicted octanol–water partition coefficient (Wildman–Crippen LogP) is 7.86. The molecule has 10 nitrogen and oxygen atoms in total. The number of likely N-dealkylation sites (N-methyl/N-ethyl adjacent to an activating group) is 2. The highest BCUT2D eigenvalue weighted by molar-refractivity contribution is 7.80. The van der Waals surface area contributed by atoms with Gasteiger partial charge in [0.1, 0.15) is 5.75 Å². The minimum absolute atomic E-state index is 0.123. The number of ether oxygens (including phenoxy) is 6. The van der Waals surface area contributed by atoms with Crippen molar-refractivity contribution in [1.29, 1.82) is 0 Å². The lowest BCUT2D eigenvalue weighted by Gasteiger charge is -2.38. The summed E-state index contributed by atoms with van der Waals surface area (Å²) >= 11 is 5.75. The number of methoxy groups -OCH3 is 4. The Kier molecular flexibility index (Phi) is 10.6. The molecule has 11 heteroatoms. The molecule has 6 bridgehead atoms. The largest absolute Gasteiger partial charge is 0.493 e. The van der Waals surface area contributed by atoms with Crippen molar-refractivity contribution in [1.82, 2.24) is 15.1 Å².